The third kappa shape index (κ3) is 6.49. The molecule has 1 aromatic rings. The number of hydrogen-bond donors (Lipinski definition) is 1. The molecule has 1 N–H and O–H groups in total. The SMILES string of the molecule is CCCCCN(C)Cc1cc(CNCCC)ccc1F. The van der Waals surface area contributed by atoms with Gasteiger partial charge in [-0.15, -0.1) is 0 Å². The Morgan fingerprint density at radius 2 is 1.95 bits per heavy atom. The van der Waals surface area contributed by atoms with E-state index in [2.05, 4.69) is 31.1 Å². The predicted molar refractivity (Wildman–Crippen MR) is 84.3 cm³/mol. The molecule has 0 aliphatic heterocycles. The molecule has 0 aromatic heterocycles. The normalized spacial score (nSPS) is 11.2. The highest BCUT2D eigenvalue weighted by Crippen LogP contribution is 2.13. The van der Waals surface area contributed by atoms with E-state index in [-0.39, 0.29) is 5.82 Å². The second-order valence-corrected chi connectivity index (χ2v) is 5.55. The van der Waals surface area contributed by atoms with Gasteiger partial charge in [-0.25, -0.2) is 4.39 Å². The Bertz CT molecular complexity index is 379. The van der Waals surface area contributed by atoms with Gasteiger partial charge in [0.1, 0.15) is 5.82 Å². The number of benzene rings is 1. The Morgan fingerprint density at radius 1 is 1.15 bits per heavy atom. The van der Waals surface area contributed by atoms with E-state index >= 15 is 0 Å². The minimum Gasteiger partial charge on any atom is -0.313 e. The monoisotopic (exact) mass is 280 g/mol. The molecule has 1 aromatic carbocycles. The highest BCUT2D eigenvalue weighted by molar-refractivity contribution is 5.25. The molecule has 2 nitrogen and oxygen atoms in total. The average Bonchev–Trinajstić information content (AvgIpc) is 2.43. The Morgan fingerprint density at radius 3 is 2.65 bits per heavy atom. The molecule has 0 saturated carbocycles. The Labute approximate surface area is 123 Å². The minimum atomic E-state index is -0.0911. The second-order valence-electron chi connectivity index (χ2n) is 5.55. The van der Waals surface area contributed by atoms with Crippen LogP contribution in [0.5, 0.6) is 0 Å². The fourth-order valence-electron chi connectivity index (χ4n) is 2.27. The molecular formula is C17H29FN2. The summed E-state index contributed by atoms with van der Waals surface area (Å²) in [6.45, 7) is 7.90. The Kier molecular flexibility index (Phi) is 8.47. The standard InChI is InChI=1S/C17H29FN2/c1-4-6-7-11-20(3)14-16-12-15(8-9-17(16)18)13-19-10-5-2/h8-9,12,19H,4-7,10-11,13-14H2,1-3H3. The van der Waals surface area contributed by atoms with Crippen LogP contribution in [0.1, 0.15) is 50.7 Å². The molecule has 0 atom stereocenters. The van der Waals surface area contributed by atoms with E-state index in [0.29, 0.717) is 6.54 Å². The van der Waals surface area contributed by atoms with E-state index in [1.807, 2.05) is 12.1 Å². The lowest BCUT2D eigenvalue weighted by molar-refractivity contribution is 0.313. The lowest BCUT2D eigenvalue weighted by Gasteiger charge is -2.17. The van der Waals surface area contributed by atoms with E-state index < -0.39 is 0 Å². The Balaban J connectivity index is 2.52. The summed E-state index contributed by atoms with van der Waals surface area (Å²) < 4.78 is 13.9. The molecule has 0 spiro atoms. The van der Waals surface area contributed by atoms with E-state index in [9.17, 15) is 4.39 Å². The zero-order valence-electron chi connectivity index (χ0n) is 13.2. The van der Waals surface area contributed by atoms with Gasteiger partial charge >= 0.3 is 0 Å². The van der Waals surface area contributed by atoms with Crippen LogP contribution in [0.4, 0.5) is 4.39 Å². The van der Waals surface area contributed by atoms with Crippen LogP contribution in [-0.2, 0) is 13.1 Å². The number of unbranched alkanes of at least 4 members (excludes halogenated alkanes) is 2. The first kappa shape index (κ1) is 17.1. The largest absolute Gasteiger partial charge is 0.313 e. The third-order valence-corrected chi connectivity index (χ3v) is 3.45. The molecule has 0 heterocycles. The number of rotatable bonds is 10. The number of halogens is 1. The smallest absolute Gasteiger partial charge is 0.127 e. The van der Waals surface area contributed by atoms with Crippen molar-refractivity contribution >= 4 is 0 Å². The van der Waals surface area contributed by atoms with Gasteiger partial charge in [0.15, 0.2) is 0 Å². The van der Waals surface area contributed by atoms with Crippen molar-refractivity contribution in [3.8, 4) is 0 Å². The van der Waals surface area contributed by atoms with Crippen LogP contribution in [0.3, 0.4) is 0 Å². The van der Waals surface area contributed by atoms with E-state index in [4.69, 9.17) is 0 Å². The van der Waals surface area contributed by atoms with Crippen LogP contribution in [0.15, 0.2) is 18.2 Å². The first-order chi connectivity index (χ1) is 9.67. The van der Waals surface area contributed by atoms with Crippen molar-refractivity contribution in [1.82, 2.24) is 10.2 Å². The van der Waals surface area contributed by atoms with E-state index in [0.717, 1.165) is 37.2 Å². The summed E-state index contributed by atoms with van der Waals surface area (Å²) >= 11 is 0. The maximum atomic E-state index is 13.9. The van der Waals surface area contributed by atoms with E-state index in [1.54, 1.807) is 6.07 Å². The summed E-state index contributed by atoms with van der Waals surface area (Å²) in [4.78, 5) is 2.21. The zero-order valence-corrected chi connectivity index (χ0v) is 13.2. The lowest BCUT2D eigenvalue weighted by atomic mass is 10.1. The second kappa shape index (κ2) is 9.89. The van der Waals surface area contributed by atoms with Crippen molar-refractivity contribution in [3.63, 3.8) is 0 Å². The molecule has 0 aliphatic carbocycles. The quantitative estimate of drug-likeness (QED) is 0.653. The van der Waals surface area contributed by atoms with Gasteiger partial charge in [-0.3, -0.25) is 0 Å². The third-order valence-electron chi connectivity index (χ3n) is 3.45. The van der Waals surface area contributed by atoms with Gasteiger partial charge < -0.3 is 10.2 Å². The van der Waals surface area contributed by atoms with Gasteiger partial charge in [-0.2, -0.15) is 0 Å². The summed E-state index contributed by atoms with van der Waals surface area (Å²) in [6.07, 6.45) is 4.77. The molecule has 114 valence electrons. The van der Waals surface area contributed by atoms with Crippen molar-refractivity contribution in [2.75, 3.05) is 20.1 Å². The van der Waals surface area contributed by atoms with Crippen LogP contribution >= 0.6 is 0 Å². The molecule has 0 fully saturated rings. The fourth-order valence-corrected chi connectivity index (χ4v) is 2.27. The number of hydrogen-bond acceptors (Lipinski definition) is 2. The number of nitrogens with zero attached hydrogens (tertiary/aromatic N) is 1. The average molecular weight is 280 g/mol. The van der Waals surface area contributed by atoms with Crippen molar-refractivity contribution in [2.45, 2.75) is 52.6 Å². The molecular weight excluding hydrogens is 251 g/mol. The maximum Gasteiger partial charge on any atom is 0.127 e. The van der Waals surface area contributed by atoms with Gasteiger partial charge in [0.05, 0.1) is 0 Å². The topological polar surface area (TPSA) is 15.3 Å². The highest BCUT2D eigenvalue weighted by atomic mass is 19.1. The number of nitrogens with one attached hydrogen (secondary N) is 1. The molecule has 0 bridgehead atoms. The van der Waals surface area contributed by atoms with Crippen molar-refractivity contribution in [2.24, 2.45) is 0 Å². The maximum absolute atomic E-state index is 13.9. The van der Waals surface area contributed by atoms with Gasteiger partial charge in [0, 0.05) is 18.7 Å². The first-order valence-electron chi connectivity index (χ1n) is 7.84. The minimum absolute atomic E-state index is 0.0911. The van der Waals surface area contributed by atoms with Crippen LogP contribution in [0, 0.1) is 5.82 Å². The van der Waals surface area contributed by atoms with Gasteiger partial charge in [-0.05, 0) is 44.6 Å². The predicted octanol–water partition coefficient (Wildman–Crippen LogP) is 3.95. The molecule has 1 rings (SSSR count). The molecule has 0 amide bonds. The Hall–Kier alpha value is -0.930. The van der Waals surface area contributed by atoms with Gasteiger partial charge in [0.25, 0.3) is 0 Å². The van der Waals surface area contributed by atoms with E-state index in [1.165, 1.54) is 19.3 Å². The molecule has 0 aliphatic rings. The molecule has 0 unspecified atom stereocenters. The molecule has 3 heteroatoms. The van der Waals surface area contributed by atoms with Crippen molar-refractivity contribution in [3.05, 3.63) is 35.1 Å². The highest BCUT2D eigenvalue weighted by Gasteiger charge is 2.07. The first-order valence-corrected chi connectivity index (χ1v) is 7.84. The van der Waals surface area contributed by atoms with Gasteiger partial charge in [-0.1, -0.05) is 38.8 Å². The summed E-state index contributed by atoms with van der Waals surface area (Å²) in [5.74, 6) is -0.0911. The summed E-state index contributed by atoms with van der Waals surface area (Å²) in [6, 6.07) is 5.46. The zero-order chi connectivity index (χ0) is 14.8. The molecule has 0 radical (unpaired) electrons. The van der Waals surface area contributed by atoms with Crippen molar-refractivity contribution < 1.29 is 4.39 Å². The van der Waals surface area contributed by atoms with Crippen LogP contribution in [0.2, 0.25) is 0 Å². The molecule has 20 heavy (non-hydrogen) atoms. The summed E-state index contributed by atoms with van der Waals surface area (Å²) in [5.41, 5.74) is 1.97. The van der Waals surface area contributed by atoms with Gasteiger partial charge in [0.2, 0.25) is 0 Å². The molecule has 0 saturated heterocycles. The van der Waals surface area contributed by atoms with Crippen molar-refractivity contribution in [1.29, 1.82) is 0 Å². The fraction of sp³-hybridized carbons (Fsp3) is 0.647. The van der Waals surface area contributed by atoms with Crippen LogP contribution in [-0.4, -0.2) is 25.0 Å². The summed E-state index contributed by atoms with van der Waals surface area (Å²) in [5, 5.41) is 3.36. The van der Waals surface area contributed by atoms with Crippen LogP contribution < -0.4 is 5.32 Å². The lowest BCUT2D eigenvalue weighted by Crippen LogP contribution is -2.20. The summed E-state index contributed by atoms with van der Waals surface area (Å²) in [7, 11) is 2.07. The van der Waals surface area contributed by atoms with Crippen LogP contribution in [0.25, 0.3) is 0 Å².